The van der Waals surface area contributed by atoms with Crippen LogP contribution >= 0.6 is 0 Å². The van der Waals surface area contributed by atoms with E-state index in [0.29, 0.717) is 22.4 Å². The zero-order valence-electron chi connectivity index (χ0n) is 16.3. The van der Waals surface area contributed by atoms with Crippen molar-refractivity contribution in [2.45, 2.75) is 13.3 Å². The van der Waals surface area contributed by atoms with Crippen molar-refractivity contribution in [2.24, 2.45) is 0 Å². The molecule has 150 valence electrons. The Labute approximate surface area is 172 Å². The third kappa shape index (κ3) is 4.17. The smallest absolute Gasteiger partial charge is 0.311 e. The largest absolute Gasteiger partial charge is 0.466 e. The lowest BCUT2D eigenvalue weighted by atomic mass is 10.0. The number of aromatic amines is 1. The van der Waals surface area contributed by atoms with Gasteiger partial charge in [0.25, 0.3) is 5.91 Å². The number of hydrogen-bond donors (Lipinski definition) is 2. The van der Waals surface area contributed by atoms with Gasteiger partial charge in [0.1, 0.15) is 11.8 Å². The molecule has 0 aliphatic carbocycles. The maximum Gasteiger partial charge on any atom is 0.311 e. The zero-order valence-corrected chi connectivity index (χ0v) is 16.3. The summed E-state index contributed by atoms with van der Waals surface area (Å²) in [6, 6.07) is 17.1. The highest BCUT2D eigenvalue weighted by Crippen LogP contribution is 2.21. The summed E-state index contributed by atoms with van der Waals surface area (Å²) < 4.78 is 4.96. The van der Waals surface area contributed by atoms with Gasteiger partial charge in [-0.15, -0.1) is 0 Å². The molecule has 8 heteroatoms. The van der Waals surface area contributed by atoms with Crippen LogP contribution in [0.3, 0.4) is 0 Å². The van der Waals surface area contributed by atoms with E-state index in [1.165, 1.54) is 6.33 Å². The number of H-pyrrole nitrogens is 1. The van der Waals surface area contributed by atoms with E-state index in [-0.39, 0.29) is 24.9 Å². The quantitative estimate of drug-likeness (QED) is 0.479. The van der Waals surface area contributed by atoms with Gasteiger partial charge in [0, 0.05) is 5.56 Å². The number of esters is 1. The SMILES string of the molecule is CCOC(=O)Cc1ncnc2[nH]c(NC(=O)c3cccc(-c4ccccc4)c3)nc12. The molecule has 0 spiro atoms. The molecule has 8 nitrogen and oxygen atoms in total. The van der Waals surface area contributed by atoms with Crippen molar-refractivity contribution in [3.8, 4) is 11.1 Å². The molecule has 4 rings (SSSR count). The Morgan fingerprint density at radius 3 is 2.63 bits per heavy atom. The number of imidazole rings is 1. The van der Waals surface area contributed by atoms with Crippen molar-refractivity contribution in [3.05, 3.63) is 72.2 Å². The summed E-state index contributed by atoms with van der Waals surface area (Å²) in [6.45, 7) is 2.03. The second-order valence-electron chi connectivity index (χ2n) is 6.49. The van der Waals surface area contributed by atoms with Gasteiger partial charge in [-0.1, -0.05) is 42.5 Å². The van der Waals surface area contributed by atoms with E-state index in [2.05, 4.69) is 25.3 Å². The van der Waals surface area contributed by atoms with Crippen LogP contribution in [0.1, 0.15) is 23.0 Å². The second-order valence-corrected chi connectivity index (χ2v) is 6.49. The Bertz CT molecular complexity index is 1200. The van der Waals surface area contributed by atoms with Crippen LogP contribution < -0.4 is 5.32 Å². The maximum atomic E-state index is 12.7. The first kappa shape index (κ1) is 19.3. The van der Waals surface area contributed by atoms with Crippen LogP contribution in [-0.4, -0.2) is 38.4 Å². The van der Waals surface area contributed by atoms with Crippen molar-refractivity contribution in [2.75, 3.05) is 11.9 Å². The van der Waals surface area contributed by atoms with E-state index in [1.54, 1.807) is 13.0 Å². The van der Waals surface area contributed by atoms with Crippen LogP contribution in [0.5, 0.6) is 0 Å². The minimum atomic E-state index is -0.399. The number of amides is 1. The molecular weight excluding hydrogens is 382 g/mol. The number of fused-ring (bicyclic) bond motifs is 1. The van der Waals surface area contributed by atoms with E-state index in [9.17, 15) is 9.59 Å². The summed E-state index contributed by atoms with van der Waals surface area (Å²) in [4.78, 5) is 40.1. The number of hydrogen-bond acceptors (Lipinski definition) is 6. The molecule has 0 aliphatic heterocycles. The van der Waals surface area contributed by atoms with Gasteiger partial charge in [0.2, 0.25) is 5.95 Å². The number of ether oxygens (including phenoxy) is 1. The monoisotopic (exact) mass is 401 g/mol. The molecule has 0 radical (unpaired) electrons. The van der Waals surface area contributed by atoms with Gasteiger partial charge in [0.15, 0.2) is 5.65 Å². The number of nitrogens with zero attached hydrogens (tertiary/aromatic N) is 3. The van der Waals surface area contributed by atoms with Gasteiger partial charge in [0.05, 0.1) is 18.7 Å². The number of anilines is 1. The molecule has 0 saturated heterocycles. The lowest BCUT2D eigenvalue weighted by Crippen LogP contribution is -2.13. The summed E-state index contributed by atoms with van der Waals surface area (Å²) in [7, 11) is 0. The molecule has 0 atom stereocenters. The molecular formula is C22H19N5O3. The molecule has 0 aliphatic rings. The van der Waals surface area contributed by atoms with Gasteiger partial charge >= 0.3 is 5.97 Å². The minimum absolute atomic E-state index is 0.0236. The van der Waals surface area contributed by atoms with Gasteiger partial charge in [-0.05, 0) is 30.2 Å². The summed E-state index contributed by atoms with van der Waals surface area (Å²) in [5.74, 6) is -0.485. The van der Waals surface area contributed by atoms with Gasteiger partial charge in [-0.2, -0.15) is 0 Å². The number of nitrogens with one attached hydrogen (secondary N) is 2. The first-order valence-corrected chi connectivity index (χ1v) is 9.46. The number of benzene rings is 2. The van der Waals surface area contributed by atoms with Gasteiger partial charge in [-0.3, -0.25) is 14.9 Å². The molecule has 0 saturated carbocycles. The fourth-order valence-electron chi connectivity index (χ4n) is 3.06. The van der Waals surface area contributed by atoms with Crippen LogP contribution in [0, 0.1) is 0 Å². The Hall–Kier alpha value is -4.07. The summed E-state index contributed by atoms with van der Waals surface area (Å²) in [6.07, 6.45) is 1.31. The fourth-order valence-corrected chi connectivity index (χ4v) is 3.06. The third-order valence-corrected chi connectivity index (χ3v) is 4.44. The van der Waals surface area contributed by atoms with E-state index in [4.69, 9.17) is 4.74 Å². The third-order valence-electron chi connectivity index (χ3n) is 4.44. The van der Waals surface area contributed by atoms with E-state index < -0.39 is 5.97 Å². The Kier molecular flexibility index (Phi) is 5.47. The van der Waals surface area contributed by atoms with Crippen LogP contribution in [-0.2, 0) is 16.0 Å². The van der Waals surface area contributed by atoms with Gasteiger partial charge in [-0.25, -0.2) is 15.0 Å². The molecule has 0 fully saturated rings. The average Bonchev–Trinajstić information content (AvgIpc) is 3.18. The molecule has 30 heavy (non-hydrogen) atoms. The normalized spacial score (nSPS) is 10.7. The van der Waals surface area contributed by atoms with Gasteiger partial charge < -0.3 is 9.72 Å². The fraction of sp³-hybridized carbons (Fsp3) is 0.136. The summed E-state index contributed by atoms with van der Waals surface area (Å²) in [5, 5.41) is 2.74. The molecule has 2 N–H and O–H groups in total. The Morgan fingerprint density at radius 1 is 1.03 bits per heavy atom. The predicted molar refractivity (Wildman–Crippen MR) is 112 cm³/mol. The molecule has 0 unspecified atom stereocenters. The number of carbonyl (C=O) groups is 2. The molecule has 2 aromatic heterocycles. The highest BCUT2D eigenvalue weighted by Gasteiger charge is 2.16. The van der Waals surface area contributed by atoms with Crippen LogP contribution in [0.15, 0.2) is 60.9 Å². The maximum absolute atomic E-state index is 12.7. The zero-order chi connectivity index (χ0) is 20.9. The van der Waals surface area contributed by atoms with Crippen LogP contribution in [0.4, 0.5) is 5.95 Å². The van der Waals surface area contributed by atoms with E-state index >= 15 is 0 Å². The van der Waals surface area contributed by atoms with E-state index in [0.717, 1.165) is 11.1 Å². The summed E-state index contributed by atoms with van der Waals surface area (Å²) in [5.41, 5.74) is 3.73. The first-order chi connectivity index (χ1) is 14.6. The van der Waals surface area contributed by atoms with Crippen LogP contribution in [0.25, 0.3) is 22.3 Å². The molecule has 4 aromatic rings. The number of aromatic nitrogens is 4. The molecule has 2 aromatic carbocycles. The predicted octanol–water partition coefficient (Wildman–Crippen LogP) is 3.38. The van der Waals surface area contributed by atoms with Crippen molar-refractivity contribution in [3.63, 3.8) is 0 Å². The minimum Gasteiger partial charge on any atom is -0.466 e. The highest BCUT2D eigenvalue weighted by atomic mass is 16.5. The van der Waals surface area contributed by atoms with E-state index in [1.807, 2.05) is 48.5 Å². The molecule has 2 heterocycles. The Balaban J connectivity index is 1.56. The number of carbonyl (C=O) groups excluding carboxylic acids is 2. The van der Waals surface area contributed by atoms with Crippen molar-refractivity contribution in [1.29, 1.82) is 0 Å². The molecule has 1 amide bonds. The topological polar surface area (TPSA) is 110 Å². The Morgan fingerprint density at radius 2 is 1.83 bits per heavy atom. The number of rotatable bonds is 6. The van der Waals surface area contributed by atoms with Crippen LogP contribution in [0.2, 0.25) is 0 Å². The second kappa shape index (κ2) is 8.52. The van der Waals surface area contributed by atoms with Crippen molar-refractivity contribution < 1.29 is 14.3 Å². The lowest BCUT2D eigenvalue weighted by Gasteiger charge is -2.05. The first-order valence-electron chi connectivity index (χ1n) is 9.46. The highest BCUT2D eigenvalue weighted by molar-refractivity contribution is 6.04. The molecule has 0 bridgehead atoms. The average molecular weight is 401 g/mol. The van der Waals surface area contributed by atoms with Crippen molar-refractivity contribution >= 4 is 29.0 Å². The van der Waals surface area contributed by atoms with Crippen molar-refractivity contribution in [1.82, 2.24) is 19.9 Å². The standard InChI is InChI=1S/C22H19N5O3/c1-2-30-18(28)12-17-19-20(24-13-23-17)26-22(25-19)27-21(29)16-10-6-9-15(11-16)14-7-4-3-5-8-14/h3-11,13H,2,12H2,1H3,(H2,23,24,25,26,27,29). The summed E-state index contributed by atoms with van der Waals surface area (Å²) >= 11 is 0. The lowest BCUT2D eigenvalue weighted by molar-refractivity contribution is -0.142.